The number of hydrogen-bond acceptors (Lipinski definition) is 3. The van der Waals surface area contributed by atoms with Crippen LogP contribution in [0.15, 0.2) is 29.4 Å². The highest BCUT2D eigenvalue weighted by atomic mass is 35.5. The highest BCUT2D eigenvalue weighted by Gasteiger charge is 2.30. The van der Waals surface area contributed by atoms with Crippen LogP contribution in [0.1, 0.15) is 38.7 Å². The Kier molecular flexibility index (Phi) is 4.78. The summed E-state index contributed by atoms with van der Waals surface area (Å²) in [5.74, 6) is -0.0161. The maximum absolute atomic E-state index is 11.8. The molecule has 0 atom stereocenters. The standard InChI is InChI=1S/C16H19ClN2O2/c1-16(2)9-13(8-14(20)10-16)18-19-15(21)7-11-3-5-12(17)6-4-11/h3-6H,7-10H2,1-2H3,(H,19,21). The van der Waals surface area contributed by atoms with E-state index in [0.29, 0.717) is 17.9 Å². The van der Waals surface area contributed by atoms with Gasteiger partial charge in [-0.3, -0.25) is 9.59 Å². The molecule has 0 aliphatic heterocycles. The molecule has 1 amide bonds. The molecule has 0 saturated heterocycles. The van der Waals surface area contributed by atoms with Gasteiger partial charge in [-0.25, -0.2) is 5.43 Å². The van der Waals surface area contributed by atoms with E-state index in [0.717, 1.165) is 17.7 Å². The van der Waals surface area contributed by atoms with Crippen molar-refractivity contribution in [2.24, 2.45) is 10.5 Å². The molecule has 21 heavy (non-hydrogen) atoms. The quantitative estimate of drug-likeness (QED) is 0.872. The molecule has 5 heteroatoms. The van der Waals surface area contributed by atoms with Crippen molar-refractivity contribution in [1.29, 1.82) is 0 Å². The monoisotopic (exact) mass is 306 g/mol. The SMILES string of the molecule is CC1(C)CC(=O)CC(=NNC(=O)Cc2ccc(Cl)cc2)C1. The van der Waals surface area contributed by atoms with Crippen LogP contribution < -0.4 is 5.43 Å². The zero-order valence-electron chi connectivity index (χ0n) is 12.3. The fourth-order valence-electron chi connectivity index (χ4n) is 2.55. The summed E-state index contributed by atoms with van der Waals surface area (Å²) >= 11 is 5.80. The van der Waals surface area contributed by atoms with Gasteiger partial charge in [0.15, 0.2) is 0 Å². The highest BCUT2D eigenvalue weighted by molar-refractivity contribution is 6.30. The molecule has 1 fully saturated rings. The minimum atomic E-state index is -0.194. The molecule has 0 aromatic heterocycles. The van der Waals surface area contributed by atoms with Gasteiger partial charge < -0.3 is 0 Å². The van der Waals surface area contributed by atoms with Crippen LogP contribution in [0.4, 0.5) is 0 Å². The first-order valence-corrected chi connectivity index (χ1v) is 7.32. The van der Waals surface area contributed by atoms with Crippen molar-refractivity contribution in [3.63, 3.8) is 0 Å². The van der Waals surface area contributed by atoms with E-state index in [1.165, 1.54) is 0 Å². The number of nitrogens with one attached hydrogen (secondary N) is 1. The maximum atomic E-state index is 11.8. The Labute approximate surface area is 129 Å². The maximum Gasteiger partial charge on any atom is 0.244 e. The Hall–Kier alpha value is -1.68. The molecule has 1 aliphatic carbocycles. The number of hydrazone groups is 1. The molecule has 4 nitrogen and oxygen atoms in total. The molecule has 1 saturated carbocycles. The molecule has 1 aromatic carbocycles. The van der Waals surface area contributed by atoms with Crippen LogP contribution in [0.25, 0.3) is 0 Å². The van der Waals surface area contributed by atoms with Crippen LogP contribution in [0.3, 0.4) is 0 Å². The zero-order chi connectivity index (χ0) is 15.5. The molecule has 2 rings (SSSR count). The minimum absolute atomic E-state index is 0.0743. The molecule has 1 aliphatic rings. The van der Waals surface area contributed by atoms with Gasteiger partial charge in [-0.05, 0) is 29.5 Å². The van der Waals surface area contributed by atoms with Crippen molar-refractivity contribution < 1.29 is 9.59 Å². The molecular weight excluding hydrogens is 288 g/mol. The van der Waals surface area contributed by atoms with Crippen molar-refractivity contribution >= 4 is 29.0 Å². The molecule has 112 valence electrons. The Morgan fingerprint density at radius 1 is 1.29 bits per heavy atom. The third-order valence-electron chi connectivity index (χ3n) is 3.38. The van der Waals surface area contributed by atoms with Crippen LogP contribution in [0.2, 0.25) is 5.02 Å². The van der Waals surface area contributed by atoms with Crippen molar-refractivity contribution in [2.45, 2.75) is 39.5 Å². The van der Waals surface area contributed by atoms with E-state index in [2.05, 4.69) is 10.5 Å². The van der Waals surface area contributed by atoms with Gasteiger partial charge in [0.2, 0.25) is 5.91 Å². The summed E-state index contributed by atoms with van der Waals surface area (Å²) in [4.78, 5) is 23.5. The summed E-state index contributed by atoms with van der Waals surface area (Å²) in [6.07, 6.45) is 1.89. The Balaban J connectivity index is 1.92. The lowest BCUT2D eigenvalue weighted by atomic mass is 9.76. The second kappa shape index (κ2) is 6.39. The molecule has 0 spiro atoms. The largest absolute Gasteiger partial charge is 0.299 e. The number of Topliss-reactive ketones (excluding diaryl/α,β-unsaturated/α-hetero) is 1. The number of carbonyl (C=O) groups is 2. The third-order valence-corrected chi connectivity index (χ3v) is 3.63. The summed E-state index contributed by atoms with van der Waals surface area (Å²) in [7, 11) is 0. The van der Waals surface area contributed by atoms with Crippen molar-refractivity contribution in [3.05, 3.63) is 34.9 Å². The molecule has 0 heterocycles. The number of halogens is 1. The third kappa shape index (κ3) is 4.97. The summed E-state index contributed by atoms with van der Waals surface area (Å²) in [6.45, 7) is 4.07. The first-order chi connectivity index (χ1) is 9.84. The first-order valence-electron chi connectivity index (χ1n) is 6.94. The van der Waals surface area contributed by atoms with Gasteiger partial charge >= 0.3 is 0 Å². The van der Waals surface area contributed by atoms with Crippen molar-refractivity contribution in [3.8, 4) is 0 Å². The summed E-state index contributed by atoms with van der Waals surface area (Å²) in [6, 6.07) is 7.11. The number of amides is 1. The fourth-order valence-corrected chi connectivity index (χ4v) is 2.67. The second-order valence-corrected chi connectivity index (χ2v) is 6.69. The number of rotatable bonds is 3. The molecule has 0 radical (unpaired) electrons. The smallest absolute Gasteiger partial charge is 0.244 e. The van der Waals surface area contributed by atoms with E-state index >= 15 is 0 Å². The van der Waals surface area contributed by atoms with Gasteiger partial charge in [0.1, 0.15) is 5.78 Å². The number of nitrogens with zero attached hydrogens (tertiary/aromatic N) is 1. The van der Waals surface area contributed by atoms with Crippen molar-refractivity contribution in [2.75, 3.05) is 0 Å². The van der Waals surface area contributed by atoms with E-state index in [-0.39, 0.29) is 23.5 Å². The van der Waals surface area contributed by atoms with Gasteiger partial charge in [-0.2, -0.15) is 5.10 Å². The molecular formula is C16H19ClN2O2. The zero-order valence-corrected chi connectivity index (χ0v) is 13.0. The van der Waals surface area contributed by atoms with Gasteiger partial charge in [-0.1, -0.05) is 37.6 Å². The summed E-state index contributed by atoms with van der Waals surface area (Å²) in [5.41, 5.74) is 4.09. The van der Waals surface area contributed by atoms with Gasteiger partial charge in [-0.15, -0.1) is 0 Å². The number of carbonyl (C=O) groups excluding carboxylic acids is 2. The molecule has 1 aromatic rings. The topological polar surface area (TPSA) is 58.5 Å². The number of benzene rings is 1. The lowest BCUT2D eigenvalue weighted by Crippen LogP contribution is -2.31. The number of hydrogen-bond donors (Lipinski definition) is 1. The van der Waals surface area contributed by atoms with E-state index in [1.54, 1.807) is 12.1 Å². The van der Waals surface area contributed by atoms with Gasteiger partial charge in [0.25, 0.3) is 0 Å². The van der Waals surface area contributed by atoms with E-state index in [9.17, 15) is 9.59 Å². The van der Waals surface area contributed by atoms with E-state index in [1.807, 2.05) is 26.0 Å². The van der Waals surface area contributed by atoms with Crippen LogP contribution in [0.5, 0.6) is 0 Å². The number of ketones is 1. The normalized spacial score (nSPS) is 19.6. The average molecular weight is 307 g/mol. The average Bonchev–Trinajstić information content (AvgIpc) is 2.37. The van der Waals surface area contributed by atoms with Gasteiger partial charge in [0.05, 0.1) is 6.42 Å². The van der Waals surface area contributed by atoms with E-state index in [4.69, 9.17) is 11.6 Å². The molecule has 0 bridgehead atoms. The van der Waals surface area contributed by atoms with Crippen LogP contribution in [0, 0.1) is 5.41 Å². The Bertz CT molecular complexity index is 576. The minimum Gasteiger partial charge on any atom is -0.299 e. The molecule has 0 unspecified atom stereocenters. The lowest BCUT2D eigenvalue weighted by molar-refractivity contribution is -0.121. The second-order valence-electron chi connectivity index (χ2n) is 6.25. The predicted molar refractivity (Wildman–Crippen MR) is 83.4 cm³/mol. The Morgan fingerprint density at radius 3 is 2.57 bits per heavy atom. The van der Waals surface area contributed by atoms with Gasteiger partial charge in [0, 0.05) is 23.6 Å². The molecule has 1 N–H and O–H groups in total. The first kappa shape index (κ1) is 15.7. The predicted octanol–water partition coefficient (Wildman–Crippen LogP) is 3.13. The van der Waals surface area contributed by atoms with Crippen LogP contribution >= 0.6 is 11.6 Å². The van der Waals surface area contributed by atoms with Crippen LogP contribution in [-0.2, 0) is 16.0 Å². The lowest BCUT2D eigenvalue weighted by Gasteiger charge is -2.29. The Morgan fingerprint density at radius 2 is 1.95 bits per heavy atom. The van der Waals surface area contributed by atoms with Crippen molar-refractivity contribution in [1.82, 2.24) is 5.43 Å². The summed E-state index contributed by atoms with van der Waals surface area (Å²) in [5, 5.41) is 4.75. The van der Waals surface area contributed by atoms with E-state index < -0.39 is 0 Å². The fraction of sp³-hybridized carbons (Fsp3) is 0.438. The van der Waals surface area contributed by atoms with Crippen LogP contribution in [-0.4, -0.2) is 17.4 Å². The summed E-state index contributed by atoms with van der Waals surface area (Å²) < 4.78 is 0. The highest BCUT2D eigenvalue weighted by Crippen LogP contribution is 2.31.